The van der Waals surface area contributed by atoms with E-state index in [0.717, 1.165) is 23.0 Å². The Balaban J connectivity index is 1.84. The van der Waals surface area contributed by atoms with Gasteiger partial charge >= 0.3 is 0 Å². The van der Waals surface area contributed by atoms with Crippen molar-refractivity contribution in [3.8, 4) is 11.5 Å². The van der Waals surface area contributed by atoms with E-state index in [2.05, 4.69) is 13.0 Å². The van der Waals surface area contributed by atoms with Gasteiger partial charge in [0.05, 0.1) is 0 Å². The SMILES string of the molecule is CC1CCCC(C(N)c2cccc3c2OCCO3)C1. The van der Waals surface area contributed by atoms with Crippen molar-refractivity contribution in [3.63, 3.8) is 0 Å². The molecular formula is C16H23NO2. The molecule has 1 aliphatic heterocycles. The predicted molar refractivity (Wildman–Crippen MR) is 75.5 cm³/mol. The molecule has 1 heterocycles. The molecule has 1 aromatic carbocycles. The van der Waals surface area contributed by atoms with E-state index in [1.807, 2.05) is 12.1 Å². The molecule has 0 saturated heterocycles. The lowest BCUT2D eigenvalue weighted by Gasteiger charge is -2.33. The van der Waals surface area contributed by atoms with Crippen LogP contribution < -0.4 is 15.2 Å². The molecule has 3 nitrogen and oxygen atoms in total. The van der Waals surface area contributed by atoms with Crippen molar-refractivity contribution >= 4 is 0 Å². The summed E-state index contributed by atoms with van der Waals surface area (Å²) in [6.07, 6.45) is 5.10. The van der Waals surface area contributed by atoms with Crippen molar-refractivity contribution in [1.82, 2.24) is 0 Å². The molecule has 3 unspecified atom stereocenters. The zero-order valence-corrected chi connectivity index (χ0v) is 11.6. The van der Waals surface area contributed by atoms with Gasteiger partial charge < -0.3 is 15.2 Å². The second-order valence-corrected chi connectivity index (χ2v) is 5.93. The fraction of sp³-hybridized carbons (Fsp3) is 0.625. The van der Waals surface area contributed by atoms with Gasteiger partial charge in [-0.25, -0.2) is 0 Å². The van der Waals surface area contributed by atoms with E-state index in [0.29, 0.717) is 19.1 Å². The Bertz CT molecular complexity index is 446. The van der Waals surface area contributed by atoms with Gasteiger partial charge in [-0.1, -0.05) is 31.9 Å². The van der Waals surface area contributed by atoms with Crippen molar-refractivity contribution in [3.05, 3.63) is 23.8 Å². The molecule has 3 atom stereocenters. The van der Waals surface area contributed by atoms with Gasteiger partial charge in [0, 0.05) is 11.6 Å². The highest BCUT2D eigenvalue weighted by Crippen LogP contribution is 2.42. The summed E-state index contributed by atoms with van der Waals surface area (Å²) in [5.41, 5.74) is 7.64. The van der Waals surface area contributed by atoms with E-state index in [9.17, 15) is 0 Å². The molecule has 1 saturated carbocycles. The van der Waals surface area contributed by atoms with Crippen LogP contribution in [0.25, 0.3) is 0 Å². The lowest BCUT2D eigenvalue weighted by atomic mass is 9.77. The molecule has 19 heavy (non-hydrogen) atoms. The first kappa shape index (κ1) is 12.8. The summed E-state index contributed by atoms with van der Waals surface area (Å²) in [7, 11) is 0. The average Bonchev–Trinajstić information content (AvgIpc) is 2.46. The van der Waals surface area contributed by atoms with Crippen LogP contribution in [0.2, 0.25) is 0 Å². The molecule has 0 radical (unpaired) electrons. The summed E-state index contributed by atoms with van der Waals surface area (Å²) in [5.74, 6) is 3.09. The van der Waals surface area contributed by atoms with Gasteiger partial charge in [0.25, 0.3) is 0 Å². The summed E-state index contributed by atoms with van der Waals surface area (Å²) in [6, 6.07) is 6.15. The summed E-state index contributed by atoms with van der Waals surface area (Å²) < 4.78 is 11.4. The molecule has 0 aromatic heterocycles. The normalized spacial score (nSPS) is 27.9. The molecular weight excluding hydrogens is 238 g/mol. The fourth-order valence-corrected chi connectivity index (χ4v) is 3.42. The molecule has 3 rings (SSSR count). The Kier molecular flexibility index (Phi) is 3.65. The van der Waals surface area contributed by atoms with E-state index in [-0.39, 0.29) is 6.04 Å². The standard InChI is InChI=1S/C16H23NO2/c1-11-4-2-5-12(10-11)15(17)13-6-3-7-14-16(13)19-9-8-18-14/h3,6-7,11-12,15H,2,4-5,8-10,17H2,1H3. The predicted octanol–water partition coefficient (Wildman–Crippen LogP) is 3.28. The molecule has 2 N–H and O–H groups in total. The first-order valence-corrected chi connectivity index (χ1v) is 7.40. The minimum atomic E-state index is 0.0689. The van der Waals surface area contributed by atoms with Crippen molar-refractivity contribution in [2.45, 2.75) is 38.6 Å². The molecule has 104 valence electrons. The summed E-state index contributed by atoms with van der Waals surface area (Å²) in [6.45, 7) is 3.59. The largest absolute Gasteiger partial charge is 0.486 e. The monoisotopic (exact) mass is 261 g/mol. The number of benzene rings is 1. The van der Waals surface area contributed by atoms with Crippen LogP contribution in [-0.4, -0.2) is 13.2 Å². The Morgan fingerprint density at radius 3 is 2.89 bits per heavy atom. The maximum absolute atomic E-state index is 6.52. The second kappa shape index (κ2) is 5.41. The summed E-state index contributed by atoms with van der Waals surface area (Å²) >= 11 is 0. The lowest BCUT2D eigenvalue weighted by Crippen LogP contribution is -2.27. The van der Waals surface area contributed by atoms with Gasteiger partial charge in [-0.05, 0) is 30.7 Å². The van der Waals surface area contributed by atoms with Crippen molar-refractivity contribution in [2.24, 2.45) is 17.6 Å². The fourth-order valence-electron chi connectivity index (χ4n) is 3.42. The van der Waals surface area contributed by atoms with Crippen LogP contribution in [0.15, 0.2) is 18.2 Å². The van der Waals surface area contributed by atoms with E-state index < -0.39 is 0 Å². The number of nitrogens with two attached hydrogens (primary N) is 1. The van der Waals surface area contributed by atoms with Crippen LogP contribution in [0.3, 0.4) is 0 Å². The van der Waals surface area contributed by atoms with Gasteiger partial charge in [-0.2, -0.15) is 0 Å². The Morgan fingerprint density at radius 1 is 1.21 bits per heavy atom. The molecule has 1 fully saturated rings. The van der Waals surface area contributed by atoms with E-state index in [1.165, 1.54) is 25.7 Å². The Hall–Kier alpha value is -1.22. The zero-order valence-electron chi connectivity index (χ0n) is 11.6. The molecule has 0 spiro atoms. The maximum Gasteiger partial charge on any atom is 0.166 e. The number of para-hydroxylation sites is 1. The van der Waals surface area contributed by atoms with Crippen molar-refractivity contribution < 1.29 is 9.47 Å². The van der Waals surface area contributed by atoms with Crippen molar-refractivity contribution in [2.75, 3.05) is 13.2 Å². The van der Waals surface area contributed by atoms with Crippen molar-refractivity contribution in [1.29, 1.82) is 0 Å². The smallest absolute Gasteiger partial charge is 0.166 e. The highest BCUT2D eigenvalue weighted by molar-refractivity contribution is 5.49. The number of rotatable bonds is 2. The lowest BCUT2D eigenvalue weighted by molar-refractivity contribution is 0.166. The van der Waals surface area contributed by atoms with Gasteiger partial charge in [0.1, 0.15) is 13.2 Å². The third-order valence-electron chi connectivity index (χ3n) is 4.44. The zero-order chi connectivity index (χ0) is 13.2. The molecule has 0 amide bonds. The van der Waals surface area contributed by atoms with Gasteiger partial charge in [-0.15, -0.1) is 0 Å². The van der Waals surface area contributed by atoms with Gasteiger partial charge in [0.2, 0.25) is 0 Å². The topological polar surface area (TPSA) is 44.5 Å². The first-order chi connectivity index (χ1) is 9.25. The molecule has 1 aliphatic carbocycles. The third-order valence-corrected chi connectivity index (χ3v) is 4.44. The Morgan fingerprint density at radius 2 is 2.05 bits per heavy atom. The van der Waals surface area contributed by atoms with Crippen LogP contribution in [0.5, 0.6) is 11.5 Å². The Labute approximate surface area is 115 Å². The molecule has 1 aromatic rings. The van der Waals surface area contributed by atoms with Crippen LogP contribution in [0.1, 0.15) is 44.2 Å². The first-order valence-electron chi connectivity index (χ1n) is 7.40. The number of hydrogen-bond donors (Lipinski definition) is 1. The van der Waals surface area contributed by atoms with Gasteiger partial charge in [-0.3, -0.25) is 0 Å². The van der Waals surface area contributed by atoms with E-state index >= 15 is 0 Å². The highest BCUT2D eigenvalue weighted by Gasteiger charge is 2.28. The average molecular weight is 261 g/mol. The minimum Gasteiger partial charge on any atom is -0.486 e. The van der Waals surface area contributed by atoms with Crippen LogP contribution in [-0.2, 0) is 0 Å². The third kappa shape index (κ3) is 2.57. The van der Waals surface area contributed by atoms with E-state index in [1.54, 1.807) is 0 Å². The number of ether oxygens (including phenoxy) is 2. The quantitative estimate of drug-likeness (QED) is 0.888. The summed E-state index contributed by atoms with van der Waals surface area (Å²) in [5, 5.41) is 0. The maximum atomic E-state index is 6.52. The molecule has 2 aliphatic rings. The molecule has 0 bridgehead atoms. The summed E-state index contributed by atoms with van der Waals surface area (Å²) in [4.78, 5) is 0. The van der Waals surface area contributed by atoms with Crippen LogP contribution in [0.4, 0.5) is 0 Å². The van der Waals surface area contributed by atoms with E-state index in [4.69, 9.17) is 15.2 Å². The highest BCUT2D eigenvalue weighted by atomic mass is 16.6. The van der Waals surface area contributed by atoms with Crippen LogP contribution >= 0.6 is 0 Å². The van der Waals surface area contributed by atoms with Gasteiger partial charge in [0.15, 0.2) is 11.5 Å². The van der Waals surface area contributed by atoms with Crippen LogP contribution in [0, 0.1) is 11.8 Å². The minimum absolute atomic E-state index is 0.0689. The molecule has 3 heteroatoms. The number of hydrogen-bond acceptors (Lipinski definition) is 3. The second-order valence-electron chi connectivity index (χ2n) is 5.93. The number of fused-ring (bicyclic) bond motifs is 1.